The lowest BCUT2D eigenvalue weighted by Crippen LogP contribution is -2.21. The zero-order valence-corrected chi connectivity index (χ0v) is 9.19. The van der Waals surface area contributed by atoms with Crippen LogP contribution in [-0.4, -0.2) is 29.3 Å². The molecule has 86 valence electrons. The van der Waals surface area contributed by atoms with Gasteiger partial charge in [0, 0.05) is 4.90 Å². The summed E-state index contributed by atoms with van der Waals surface area (Å²) >= 11 is 0. The highest BCUT2D eigenvalue weighted by atomic mass is 16.9. The second kappa shape index (κ2) is 5.58. The maximum Gasteiger partial charge on any atom is 0.405 e. The lowest BCUT2D eigenvalue weighted by Gasteiger charge is -2.09. The van der Waals surface area contributed by atoms with E-state index < -0.39 is 5.97 Å². The molecule has 0 saturated heterocycles. The van der Waals surface area contributed by atoms with Crippen LogP contribution in [0.1, 0.15) is 39.5 Å². The molecule has 1 heterocycles. The molecule has 0 saturated carbocycles. The van der Waals surface area contributed by atoms with Gasteiger partial charge < -0.3 is 9.57 Å². The predicted octanol–water partition coefficient (Wildman–Crippen LogP) is 1.39. The summed E-state index contributed by atoms with van der Waals surface area (Å²) in [6, 6.07) is 0. The highest BCUT2D eigenvalue weighted by Crippen LogP contribution is 2.16. The summed E-state index contributed by atoms with van der Waals surface area (Å²) in [7, 11) is 0. The monoisotopic (exact) mass is 215 g/mol. The molecule has 15 heavy (non-hydrogen) atoms. The van der Waals surface area contributed by atoms with E-state index in [2.05, 4.69) is 6.92 Å². The zero-order chi connectivity index (χ0) is 11.3. The van der Waals surface area contributed by atoms with Crippen LogP contribution in [0.4, 0.5) is 0 Å². The van der Waals surface area contributed by atoms with Gasteiger partial charge in [-0.1, -0.05) is 19.8 Å². The Morgan fingerprint density at radius 1 is 1.67 bits per heavy atom. The first-order valence-corrected chi connectivity index (χ1v) is 5.36. The molecule has 1 aliphatic rings. The molecule has 0 aromatic heterocycles. The van der Waals surface area contributed by atoms with E-state index in [1.807, 2.05) is 0 Å². The number of hydrogen-bond donors (Lipinski definition) is 0. The van der Waals surface area contributed by atoms with Crippen LogP contribution in [0.5, 0.6) is 0 Å². The van der Waals surface area contributed by atoms with Crippen molar-refractivity contribution in [2.24, 2.45) is 0 Å². The lowest BCUT2D eigenvalue weighted by molar-refractivity contribution is -0.740. The van der Waals surface area contributed by atoms with Gasteiger partial charge in [0.25, 0.3) is 0 Å². The Hall–Kier alpha value is -1.26. The van der Waals surface area contributed by atoms with Gasteiger partial charge in [-0.05, 0) is 13.3 Å². The second-order valence-electron chi connectivity index (χ2n) is 3.50. The molecule has 5 nitrogen and oxygen atoms in total. The number of esters is 1. The van der Waals surface area contributed by atoms with Crippen molar-refractivity contribution in [2.75, 3.05) is 6.61 Å². The molecule has 1 aliphatic heterocycles. The molecule has 1 rings (SSSR count). The number of rotatable bonds is 5. The summed E-state index contributed by atoms with van der Waals surface area (Å²) in [4.78, 5) is 16.6. The van der Waals surface area contributed by atoms with Gasteiger partial charge in [0.15, 0.2) is 0 Å². The molecule has 0 aliphatic carbocycles. The van der Waals surface area contributed by atoms with Gasteiger partial charge in [-0.2, -0.15) is 0 Å². The molecule has 5 heteroatoms. The van der Waals surface area contributed by atoms with Crippen LogP contribution < -0.4 is 0 Å². The van der Waals surface area contributed by atoms with E-state index in [4.69, 9.17) is 9.57 Å². The Bertz CT molecular complexity index is 262. The van der Waals surface area contributed by atoms with E-state index in [0.29, 0.717) is 11.3 Å². The molecule has 1 atom stereocenters. The molecule has 0 N–H and O–H groups in total. The fourth-order valence-corrected chi connectivity index (χ4v) is 1.49. The van der Waals surface area contributed by atoms with Crippen LogP contribution >= 0.6 is 0 Å². The molecule has 0 aromatic carbocycles. The zero-order valence-electron chi connectivity index (χ0n) is 9.19. The van der Waals surface area contributed by atoms with Crippen molar-refractivity contribution >= 4 is 11.7 Å². The molecule has 0 spiro atoms. The molecule has 0 bridgehead atoms. The molecule has 0 aromatic rings. The lowest BCUT2D eigenvalue weighted by atomic mass is 10.1. The predicted molar refractivity (Wildman–Crippen MR) is 54.3 cm³/mol. The SMILES string of the molecule is CCCCC1CC(C(=O)OCC)=[N+]([O-])O1. The summed E-state index contributed by atoms with van der Waals surface area (Å²) < 4.78 is 4.75. The Morgan fingerprint density at radius 2 is 2.40 bits per heavy atom. The Labute approximate surface area is 89.2 Å². The van der Waals surface area contributed by atoms with Gasteiger partial charge >= 0.3 is 11.7 Å². The van der Waals surface area contributed by atoms with Gasteiger partial charge in [-0.15, -0.1) is 0 Å². The van der Waals surface area contributed by atoms with Gasteiger partial charge in [-0.25, -0.2) is 4.79 Å². The smallest absolute Gasteiger partial charge is 0.405 e. The Balaban J connectivity index is 2.46. The number of unbranched alkanes of at least 4 members (excludes halogenated alkanes) is 1. The van der Waals surface area contributed by atoms with Crippen LogP contribution in [0.3, 0.4) is 0 Å². The molecule has 0 radical (unpaired) electrons. The molecule has 0 fully saturated rings. The van der Waals surface area contributed by atoms with E-state index >= 15 is 0 Å². The molecular weight excluding hydrogens is 198 g/mol. The largest absolute Gasteiger partial charge is 0.458 e. The Kier molecular flexibility index (Phi) is 4.39. The summed E-state index contributed by atoms with van der Waals surface area (Å²) in [6.45, 7) is 4.05. The summed E-state index contributed by atoms with van der Waals surface area (Å²) in [5.74, 6) is -0.563. The van der Waals surface area contributed by atoms with Gasteiger partial charge in [0.1, 0.15) is 0 Å². The van der Waals surface area contributed by atoms with E-state index in [9.17, 15) is 10.0 Å². The molecule has 0 amide bonds. The number of carbonyl (C=O) groups excluding carboxylic acids is 1. The topological polar surface area (TPSA) is 61.6 Å². The number of ether oxygens (including phenoxy) is 1. The highest BCUT2D eigenvalue weighted by Gasteiger charge is 2.34. The van der Waals surface area contributed by atoms with E-state index in [1.54, 1.807) is 6.92 Å². The summed E-state index contributed by atoms with van der Waals surface area (Å²) in [5, 5.41) is 11.2. The standard InChI is InChI=1S/C10H17NO4/c1-3-5-6-8-7-9(11(13)15-8)10(12)14-4-2/h8H,3-7H2,1-2H3. The van der Waals surface area contributed by atoms with Crippen LogP contribution in [0, 0.1) is 5.21 Å². The van der Waals surface area contributed by atoms with Crippen molar-refractivity contribution in [1.29, 1.82) is 0 Å². The minimum absolute atomic E-state index is 0.0814. The van der Waals surface area contributed by atoms with Gasteiger partial charge in [-0.3, -0.25) is 5.21 Å². The maximum atomic E-state index is 11.3. The first kappa shape index (κ1) is 11.8. The number of nitrogens with zero attached hydrogens (tertiary/aromatic N) is 1. The Morgan fingerprint density at radius 3 is 3.00 bits per heavy atom. The third-order valence-corrected chi connectivity index (χ3v) is 2.28. The summed E-state index contributed by atoms with van der Waals surface area (Å²) in [6.07, 6.45) is 3.05. The van der Waals surface area contributed by atoms with Crippen molar-refractivity contribution in [2.45, 2.75) is 45.6 Å². The quantitative estimate of drug-likeness (QED) is 0.513. The molecular formula is C10H17NO4. The van der Waals surface area contributed by atoms with Gasteiger partial charge in [0.2, 0.25) is 0 Å². The fraction of sp³-hybridized carbons (Fsp3) is 0.800. The molecule has 1 unspecified atom stereocenters. The van der Waals surface area contributed by atoms with Crippen LogP contribution in [-0.2, 0) is 14.4 Å². The van der Waals surface area contributed by atoms with Crippen molar-refractivity contribution in [3.63, 3.8) is 0 Å². The van der Waals surface area contributed by atoms with Crippen molar-refractivity contribution in [3.8, 4) is 0 Å². The van der Waals surface area contributed by atoms with Gasteiger partial charge in [0.05, 0.1) is 19.1 Å². The average molecular weight is 215 g/mol. The number of hydrogen-bond acceptors (Lipinski definition) is 4. The highest BCUT2D eigenvalue weighted by molar-refractivity contribution is 6.34. The van der Waals surface area contributed by atoms with E-state index in [-0.39, 0.29) is 18.4 Å². The van der Waals surface area contributed by atoms with E-state index in [0.717, 1.165) is 19.3 Å². The van der Waals surface area contributed by atoms with Crippen molar-refractivity contribution in [1.82, 2.24) is 0 Å². The van der Waals surface area contributed by atoms with E-state index in [1.165, 1.54) is 0 Å². The van der Waals surface area contributed by atoms with Crippen LogP contribution in [0.15, 0.2) is 0 Å². The summed E-state index contributed by atoms with van der Waals surface area (Å²) in [5.41, 5.74) is 0.0814. The normalized spacial score (nSPS) is 20.3. The van der Waals surface area contributed by atoms with Crippen LogP contribution in [0.25, 0.3) is 0 Å². The van der Waals surface area contributed by atoms with Crippen molar-refractivity contribution < 1.29 is 19.3 Å². The third kappa shape index (κ3) is 3.11. The average Bonchev–Trinajstić information content (AvgIpc) is 2.57. The second-order valence-corrected chi connectivity index (χ2v) is 3.50. The first-order chi connectivity index (χ1) is 7.19. The van der Waals surface area contributed by atoms with Crippen molar-refractivity contribution in [3.05, 3.63) is 5.21 Å². The minimum Gasteiger partial charge on any atom is -0.458 e. The first-order valence-electron chi connectivity index (χ1n) is 5.36. The van der Waals surface area contributed by atoms with Crippen LogP contribution in [0.2, 0.25) is 0 Å². The number of carbonyl (C=O) groups is 1. The maximum absolute atomic E-state index is 11.3. The third-order valence-electron chi connectivity index (χ3n) is 2.28. The fourth-order valence-electron chi connectivity index (χ4n) is 1.49. The minimum atomic E-state index is -0.563.